The number of fused-ring (bicyclic) bond motifs is 1. The second-order valence-electron chi connectivity index (χ2n) is 9.12. The Kier molecular flexibility index (Phi) is 8.85. The predicted molar refractivity (Wildman–Crippen MR) is 122 cm³/mol. The second kappa shape index (κ2) is 10.9. The molecule has 1 aromatic carbocycles. The highest BCUT2D eigenvalue weighted by atomic mass is 15.1. The minimum atomic E-state index is 0. The molecular formula is C24H43N3. The van der Waals surface area contributed by atoms with Crippen LogP contribution in [0, 0.1) is 11.8 Å². The molecule has 3 heteroatoms. The van der Waals surface area contributed by atoms with Crippen LogP contribution in [0.2, 0.25) is 0 Å². The molecule has 1 heterocycles. The lowest BCUT2D eigenvalue weighted by atomic mass is 10.1. The van der Waals surface area contributed by atoms with Crippen molar-refractivity contribution in [3.63, 3.8) is 0 Å². The maximum absolute atomic E-state index is 2.69. The number of rotatable bonds is 12. The SMILES string of the molecule is CC(C)CCN(CCc1cn(CCN(C)C)c2ccccc12)CCC(C)C.[HH]. The summed E-state index contributed by atoms with van der Waals surface area (Å²) in [5.41, 5.74) is 2.88. The molecule has 0 saturated carbocycles. The first kappa shape index (κ1) is 22.0. The molecule has 0 fully saturated rings. The van der Waals surface area contributed by atoms with Crippen molar-refractivity contribution in [2.24, 2.45) is 11.8 Å². The average Bonchev–Trinajstić information content (AvgIpc) is 2.97. The van der Waals surface area contributed by atoms with Crippen molar-refractivity contribution in [1.82, 2.24) is 14.4 Å². The quantitative estimate of drug-likeness (QED) is 0.494. The Morgan fingerprint density at radius 2 is 1.52 bits per heavy atom. The molecule has 0 aliphatic carbocycles. The fourth-order valence-corrected chi connectivity index (χ4v) is 3.51. The number of benzene rings is 1. The van der Waals surface area contributed by atoms with Crippen molar-refractivity contribution in [1.29, 1.82) is 0 Å². The van der Waals surface area contributed by atoms with E-state index in [-0.39, 0.29) is 1.43 Å². The van der Waals surface area contributed by atoms with Crippen molar-refractivity contribution in [3.05, 3.63) is 36.0 Å². The van der Waals surface area contributed by atoms with Gasteiger partial charge in [0, 0.05) is 38.2 Å². The molecule has 0 spiro atoms. The largest absolute Gasteiger partial charge is 0.346 e. The van der Waals surface area contributed by atoms with Gasteiger partial charge in [-0.2, -0.15) is 0 Å². The third-order valence-electron chi connectivity index (χ3n) is 5.40. The maximum Gasteiger partial charge on any atom is 0.0483 e. The number of aromatic nitrogens is 1. The van der Waals surface area contributed by atoms with Crippen molar-refractivity contribution in [2.45, 2.75) is 53.5 Å². The topological polar surface area (TPSA) is 11.4 Å². The molecule has 2 aromatic rings. The Hall–Kier alpha value is -1.32. The molecule has 0 N–H and O–H groups in total. The van der Waals surface area contributed by atoms with Gasteiger partial charge in [-0.1, -0.05) is 45.9 Å². The molecule has 27 heavy (non-hydrogen) atoms. The molecule has 0 radical (unpaired) electrons. The Morgan fingerprint density at radius 1 is 0.889 bits per heavy atom. The zero-order valence-corrected chi connectivity index (χ0v) is 18.5. The zero-order valence-electron chi connectivity index (χ0n) is 18.5. The van der Waals surface area contributed by atoms with E-state index in [1.165, 1.54) is 48.9 Å². The monoisotopic (exact) mass is 373 g/mol. The molecule has 154 valence electrons. The van der Waals surface area contributed by atoms with Crippen molar-refractivity contribution >= 4 is 10.9 Å². The third-order valence-corrected chi connectivity index (χ3v) is 5.40. The van der Waals surface area contributed by atoms with Crippen LogP contribution in [-0.4, -0.2) is 54.6 Å². The lowest BCUT2D eigenvalue weighted by Crippen LogP contribution is -2.30. The highest BCUT2D eigenvalue weighted by Gasteiger charge is 2.12. The molecule has 0 amide bonds. The van der Waals surface area contributed by atoms with Crippen LogP contribution in [0.1, 0.15) is 47.5 Å². The summed E-state index contributed by atoms with van der Waals surface area (Å²) < 4.78 is 2.44. The molecule has 0 unspecified atom stereocenters. The van der Waals surface area contributed by atoms with Gasteiger partial charge in [-0.05, 0) is 69.9 Å². The number of para-hydroxylation sites is 1. The zero-order chi connectivity index (χ0) is 19.8. The molecule has 0 aliphatic rings. The van der Waals surface area contributed by atoms with Crippen molar-refractivity contribution < 1.29 is 1.43 Å². The van der Waals surface area contributed by atoms with E-state index in [1.807, 2.05) is 0 Å². The first-order valence-electron chi connectivity index (χ1n) is 10.8. The number of nitrogens with zero attached hydrogens (tertiary/aromatic N) is 3. The van der Waals surface area contributed by atoms with Crippen LogP contribution in [0.5, 0.6) is 0 Å². The normalized spacial score (nSPS) is 12.4. The van der Waals surface area contributed by atoms with E-state index in [1.54, 1.807) is 0 Å². The molecule has 0 bridgehead atoms. The summed E-state index contributed by atoms with van der Waals surface area (Å²) in [5.74, 6) is 1.55. The average molecular weight is 374 g/mol. The fraction of sp³-hybridized carbons (Fsp3) is 0.667. The third kappa shape index (κ3) is 7.31. The Bertz CT molecular complexity index is 664. The van der Waals surface area contributed by atoms with Crippen molar-refractivity contribution in [3.8, 4) is 0 Å². The summed E-state index contributed by atoms with van der Waals surface area (Å²) in [6, 6.07) is 8.90. The van der Waals surface area contributed by atoms with E-state index in [0.717, 1.165) is 31.3 Å². The first-order valence-corrected chi connectivity index (χ1v) is 10.8. The Balaban J connectivity index is 0.00000392. The Morgan fingerprint density at radius 3 is 2.11 bits per heavy atom. The van der Waals surface area contributed by atoms with Gasteiger partial charge in [-0.25, -0.2) is 0 Å². The molecule has 0 saturated heterocycles. The van der Waals surface area contributed by atoms with E-state index in [4.69, 9.17) is 0 Å². The summed E-state index contributed by atoms with van der Waals surface area (Å²) >= 11 is 0. The van der Waals surface area contributed by atoms with Crippen LogP contribution in [0.15, 0.2) is 30.5 Å². The Labute approximate surface area is 168 Å². The van der Waals surface area contributed by atoms with Gasteiger partial charge in [0.1, 0.15) is 0 Å². The lowest BCUT2D eigenvalue weighted by molar-refractivity contribution is 0.246. The smallest absolute Gasteiger partial charge is 0.0483 e. The van der Waals surface area contributed by atoms with E-state index in [0.29, 0.717) is 0 Å². The van der Waals surface area contributed by atoms with Gasteiger partial charge >= 0.3 is 0 Å². The van der Waals surface area contributed by atoms with Crippen LogP contribution in [0.4, 0.5) is 0 Å². The van der Waals surface area contributed by atoms with E-state index in [9.17, 15) is 0 Å². The van der Waals surface area contributed by atoms with E-state index in [2.05, 4.69) is 86.6 Å². The second-order valence-corrected chi connectivity index (χ2v) is 9.12. The van der Waals surface area contributed by atoms with Gasteiger partial charge in [-0.15, -0.1) is 0 Å². The predicted octanol–water partition coefficient (Wildman–Crippen LogP) is 5.39. The molecule has 0 aliphatic heterocycles. The number of hydrogen-bond donors (Lipinski definition) is 0. The van der Waals surface area contributed by atoms with Crippen LogP contribution in [-0.2, 0) is 13.0 Å². The van der Waals surface area contributed by atoms with Gasteiger partial charge in [-0.3, -0.25) is 0 Å². The van der Waals surface area contributed by atoms with Crippen LogP contribution in [0.25, 0.3) is 10.9 Å². The maximum atomic E-state index is 2.69. The van der Waals surface area contributed by atoms with Gasteiger partial charge in [0.25, 0.3) is 0 Å². The molecule has 2 rings (SSSR count). The first-order chi connectivity index (χ1) is 12.9. The lowest BCUT2D eigenvalue weighted by Gasteiger charge is -2.24. The van der Waals surface area contributed by atoms with E-state index < -0.39 is 0 Å². The minimum Gasteiger partial charge on any atom is -0.346 e. The van der Waals surface area contributed by atoms with Gasteiger partial charge in [0.05, 0.1) is 0 Å². The van der Waals surface area contributed by atoms with Crippen LogP contribution >= 0.6 is 0 Å². The van der Waals surface area contributed by atoms with Gasteiger partial charge in [0.2, 0.25) is 0 Å². The summed E-state index contributed by atoms with van der Waals surface area (Å²) in [7, 11) is 4.29. The summed E-state index contributed by atoms with van der Waals surface area (Å²) in [6.45, 7) is 15.1. The summed E-state index contributed by atoms with van der Waals surface area (Å²) in [5, 5.41) is 1.43. The fourth-order valence-electron chi connectivity index (χ4n) is 3.51. The summed E-state index contributed by atoms with van der Waals surface area (Å²) in [4.78, 5) is 4.94. The standard InChI is InChI=1S/C24H41N3.H2/c1-20(2)11-14-26(15-12-21(3)4)16-13-22-19-27(18-17-25(5)6)24-10-8-7-9-23(22)24;/h7-10,19-21H,11-18H2,1-6H3;1H. The van der Waals surface area contributed by atoms with Crippen molar-refractivity contribution in [2.75, 3.05) is 40.3 Å². The molecule has 1 aromatic heterocycles. The van der Waals surface area contributed by atoms with E-state index >= 15 is 0 Å². The molecule has 3 nitrogen and oxygen atoms in total. The highest BCUT2D eigenvalue weighted by Crippen LogP contribution is 2.22. The van der Waals surface area contributed by atoms with Crippen LogP contribution < -0.4 is 0 Å². The van der Waals surface area contributed by atoms with Gasteiger partial charge < -0.3 is 14.4 Å². The highest BCUT2D eigenvalue weighted by molar-refractivity contribution is 5.84. The molecular weight excluding hydrogens is 330 g/mol. The number of hydrogen-bond acceptors (Lipinski definition) is 2. The minimum absolute atomic E-state index is 0. The van der Waals surface area contributed by atoms with Crippen LogP contribution in [0.3, 0.4) is 0 Å². The molecule has 0 atom stereocenters. The summed E-state index contributed by atoms with van der Waals surface area (Å²) in [6.07, 6.45) is 6.13. The van der Waals surface area contributed by atoms with Gasteiger partial charge in [0.15, 0.2) is 0 Å². The number of likely N-dealkylation sites (N-methyl/N-ethyl adjacent to an activating group) is 1.